The maximum Gasteiger partial charge on any atom is 0.343 e. The standard InChI is InChI=1S/C24H31ClN4O5S/c1-24(2)11-14-29(15-12-24)27-23(31)28-35(32,33)19-7-4-17(5-8-19)10-13-26-22(30)20-16-18(25)6-9-21(20)34-3/h4-9,16H,10-15H2,1-3H3,(H,26,30)(H2,27,28,31). The van der Waals surface area contributed by atoms with Gasteiger partial charge < -0.3 is 10.1 Å². The Kier molecular flexibility index (Phi) is 8.63. The molecule has 1 saturated heterocycles. The second kappa shape index (κ2) is 11.3. The van der Waals surface area contributed by atoms with Crippen LogP contribution in [0.15, 0.2) is 47.4 Å². The Hall–Kier alpha value is -2.82. The number of ether oxygens (including phenoxy) is 1. The Morgan fingerprint density at radius 2 is 1.74 bits per heavy atom. The van der Waals surface area contributed by atoms with Gasteiger partial charge in [0.1, 0.15) is 5.75 Å². The van der Waals surface area contributed by atoms with Crippen LogP contribution < -0.4 is 20.2 Å². The van der Waals surface area contributed by atoms with E-state index in [0.29, 0.717) is 42.4 Å². The van der Waals surface area contributed by atoms with Gasteiger partial charge >= 0.3 is 6.03 Å². The molecule has 11 heteroatoms. The highest BCUT2D eigenvalue weighted by Crippen LogP contribution is 2.28. The van der Waals surface area contributed by atoms with Crippen LogP contribution in [0.3, 0.4) is 0 Å². The summed E-state index contributed by atoms with van der Waals surface area (Å²) in [6, 6.07) is 10.2. The number of methoxy groups -OCH3 is 1. The summed E-state index contributed by atoms with van der Waals surface area (Å²) in [5.74, 6) is 0.0955. The number of nitrogens with one attached hydrogen (secondary N) is 3. The van der Waals surface area contributed by atoms with Crippen molar-refractivity contribution in [3.05, 3.63) is 58.6 Å². The maximum absolute atomic E-state index is 12.6. The van der Waals surface area contributed by atoms with E-state index >= 15 is 0 Å². The zero-order valence-corrected chi connectivity index (χ0v) is 21.6. The van der Waals surface area contributed by atoms with Crippen molar-refractivity contribution in [2.24, 2.45) is 5.41 Å². The lowest BCUT2D eigenvalue weighted by atomic mass is 9.83. The zero-order chi connectivity index (χ0) is 25.6. The fourth-order valence-electron chi connectivity index (χ4n) is 3.68. The molecule has 0 atom stereocenters. The Morgan fingerprint density at radius 1 is 1.09 bits per heavy atom. The summed E-state index contributed by atoms with van der Waals surface area (Å²) in [6.07, 6.45) is 2.30. The molecule has 0 saturated carbocycles. The van der Waals surface area contributed by atoms with Crippen LogP contribution in [0.2, 0.25) is 5.02 Å². The molecule has 0 bridgehead atoms. The largest absolute Gasteiger partial charge is 0.496 e. The van der Waals surface area contributed by atoms with Crippen molar-refractivity contribution in [2.75, 3.05) is 26.7 Å². The first-order valence-electron chi connectivity index (χ1n) is 11.3. The number of halogens is 1. The molecule has 1 heterocycles. The van der Waals surface area contributed by atoms with Gasteiger partial charge in [0.2, 0.25) is 0 Å². The van der Waals surface area contributed by atoms with Crippen LogP contribution >= 0.6 is 11.6 Å². The summed E-state index contributed by atoms with van der Waals surface area (Å²) < 4.78 is 32.4. The van der Waals surface area contributed by atoms with Crippen LogP contribution in [-0.4, -0.2) is 52.1 Å². The first-order chi connectivity index (χ1) is 16.5. The van der Waals surface area contributed by atoms with Crippen LogP contribution in [0, 0.1) is 5.41 Å². The van der Waals surface area contributed by atoms with E-state index in [4.69, 9.17) is 16.3 Å². The molecule has 0 aromatic heterocycles. The lowest BCUT2D eigenvalue weighted by Crippen LogP contribution is -2.52. The number of urea groups is 1. The fraction of sp³-hybridized carbons (Fsp3) is 0.417. The summed E-state index contributed by atoms with van der Waals surface area (Å²) in [7, 11) is -2.54. The number of carbonyl (C=O) groups excluding carboxylic acids is 2. The first kappa shape index (κ1) is 26.8. The Bertz CT molecular complexity index is 1160. The molecule has 9 nitrogen and oxygen atoms in total. The van der Waals surface area contributed by atoms with Crippen molar-refractivity contribution in [1.82, 2.24) is 20.5 Å². The highest BCUT2D eigenvalue weighted by atomic mass is 35.5. The van der Waals surface area contributed by atoms with Crippen LogP contribution in [0.1, 0.15) is 42.6 Å². The molecule has 2 aromatic carbocycles. The predicted octanol–water partition coefficient (Wildman–Crippen LogP) is 3.35. The van der Waals surface area contributed by atoms with Gasteiger partial charge in [-0.1, -0.05) is 37.6 Å². The number of piperidine rings is 1. The van der Waals surface area contributed by atoms with E-state index in [1.165, 1.54) is 25.3 Å². The monoisotopic (exact) mass is 522 g/mol. The molecule has 0 spiro atoms. The molecule has 0 unspecified atom stereocenters. The van der Waals surface area contributed by atoms with Crippen LogP contribution in [-0.2, 0) is 16.4 Å². The van der Waals surface area contributed by atoms with Gasteiger partial charge in [0.15, 0.2) is 0 Å². The molecule has 3 N–H and O–H groups in total. The maximum atomic E-state index is 12.6. The van der Waals surface area contributed by atoms with Crippen molar-refractivity contribution in [3.8, 4) is 5.75 Å². The number of hydrogen-bond donors (Lipinski definition) is 3. The molecule has 3 amide bonds. The molecule has 190 valence electrons. The molecule has 1 fully saturated rings. The van der Waals surface area contributed by atoms with E-state index in [9.17, 15) is 18.0 Å². The van der Waals surface area contributed by atoms with Crippen LogP contribution in [0.5, 0.6) is 5.75 Å². The van der Waals surface area contributed by atoms with Gasteiger partial charge in [-0.15, -0.1) is 0 Å². The Balaban J connectivity index is 1.50. The molecule has 3 rings (SSSR count). The summed E-state index contributed by atoms with van der Waals surface area (Å²) in [4.78, 5) is 24.6. The number of hydrogen-bond acceptors (Lipinski definition) is 6. The number of benzene rings is 2. The van der Waals surface area contributed by atoms with E-state index in [1.807, 2.05) is 0 Å². The van der Waals surface area contributed by atoms with Crippen molar-refractivity contribution in [3.63, 3.8) is 0 Å². The highest BCUT2D eigenvalue weighted by molar-refractivity contribution is 7.90. The van der Waals surface area contributed by atoms with Crippen molar-refractivity contribution < 1.29 is 22.7 Å². The average Bonchev–Trinajstić information content (AvgIpc) is 2.80. The van der Waals surface area contributed by atoms with Gasteiger partial charge in [-0.05, 0) is 60.6 Å². The second-order valence-corrected chi connectivity index (χ2v) is 11.3. The summed E-state index contributed by atoms with van der Waals surface area (Å²) in [5, 5.41) is 4.95. The minimum atomic E-state index is -4.02. The van der Waals surface area contributed by atoms with E-state index in [2.05, 4.69) is 29.3 Å². The minimum Gasteiger partial charge on any atom is -0.496 e. The minimum absolute atomic E-state index is 0.0242. The van der Waals surface area contributed by atoms with Crippen molar-refractivity contribution in [1.29, 1.82) is 0 Å². The van der Waals surface area contributed by atoms with E-state index in [-0.39, 0.29) is 16.2 Å². The van der Waals surface area contributed by atoms with Crippen molar-refractivity contribution >= 4 is 33.6 Å². The number of nitrogens with zero attached hydrogens (tertiary/aromatic N) is 1. The lowest BCUT2D eigenvalue weighted by molar-refractivity contribution is 0.0951. The van der Waals surface area contributed by atoms with E-state index in [0.717, 1.165) is 18.4 Å². The average molecular weight is 523 g/mol. The van der Waals surface area contributed by atoms with Gasteiger partial charge in [-0.3, -0.25) is 10.2 Å². The molecule has 35 heavy (non-hydrogen) atoms. The number of rotatable bonds is 8. The fourth-order valence-corrected chi connectivity index (χ4v) is 4.75. The quantitative estimate of drug-likeness (QED) is 0.489. The Labute approximate surface area is 211 Å². The summed E-state index contributed by atoms with van der Waals surface area (Å²) >= 11 is 5.97. The van der Waals surface area contributed by atoms with Crippen LogP contribution in [0.4, 0.5) is 4.79 Å². The lowest BCUT2D eigenvalue weighted by Gasteiger charge is -2.36. The summed E-state index contributed by atoms with van der Waals surface area (Å²) in [5.41, 5.74) is 3.97. The second-order valence-electron chi connectivity index (χ2n) is 9.19. The molecular weight excluding hydrogens is 492 g/mol. The molecule has 1 aliphatic heterocycles. The highest BCUT2D eigenvalue weighted by Gasteiger charge is 2.27. The molecule has 1 aliphatic rings. The molecule has 0 aliphatic carbocycles. The number of amides is 3. The topological polar surface area (TPSA) is 117 Å². The van der Waals surface area contributed by atoms with Crippen molar-refractivity contribution in [2.45, 2.75) is 38.0 Å². The SMILES string of the molecule is COc1ccc(Cl)cc1C(=O)NCCc1ccc(S(=O)(=O)NC(=O)NN2CCC(C)(C)CC2)cc1. The third-order valence-electron chi connectivity index (χ3n) is 5.94. The number of hydrazine groups is 1. The molecule has 2 aromatic rings. The number of carbonyl (C=O) groups is 2. The third-order valence-corrected chi connectivity index (χ3v) is 7.52. The number of sulfonamides is 1. The van der Waals surface area contributed by atoms with E-state index < -0.39 is 16.1 Å². The van der Waals surface area contributed by atoms with Gasteiger partial charge in [0, 0.05) is 24.7 Å². The Morgan fingerprint density at radius 3 is 2.37 bits per heavy atom. The zero-order valence-electron chi connectivity index (χ0n) is 20.1. The van der Waals surface area contributed by atoms with Crippen LogP contribution in [0.25, 0.3) is 0 Å². The molecular formula is C24H31ClN4O5S. The first-order valence-corrected chi connectivity index (χ1v) is 13.1. The summed E-state index contributed by atoms with van der Waals surface area (Å²) in [6.45, 7) is 5.99. The normalized spacial score (nSPS) is 15.8. The third kappa shape index (κ3) is 7.58. The van der Waals surface area contributed by atoms with Gasteiger partial charge in [-0.25, -0.2) is 22.9 Å². The molecule has 0 radical (unpaired) electrons. The predicted molar refractivity (Wildman–Crippen MR) is 134 cm³/mol. The van der Waals surface area contributed by atoms with Gasteiger partial charge in [-0.2, -0.15) is 0 Å². The smallest absolute Gasteiger partial charge is 0.343 e. The van der Waals surface area contributed by atoms with E-state index in [1.54, 1.807) is 29.3 Å². The van der Waals surface area contributed by atoms with Gasteiger partial charge in [0.05, 0.1) is 17.6 Å². The van der Waals surface area contributed by atoms with Gasteiger partial charge in [0.25, 0.3) is 15.9 Å².